The summed E-state index contributed by atoms with van der Waals surface area (Å²) < 4.78 is 6.51. The molecule has 0 fully saturated rings. The number of fused-ring (bicyclic) bond motifs is 1. The highest BCUT2D eigenvalue weighted by molar-refractivity contribution is 7.71. The number of hydrogen-bond donors (Lipinski definition) is 1. The van der Waals surface area contributed by atoms with E-state index in [9.17, 15) is 5.11 Å². The lowest BCUT2D eigenvalue weighted by Gasteiger charge is -2.19. The normalized spacial score (nSPS) is 10.7. The second-order valence-corrected chi connectivity index (χ2v) is 4.24. The highest BCUT2D eigenvalue weighted by Crippen LogP contribution is 2.26. The first-order valence-corrected chi connectivity index (χ1v) is 6.08. The first-order chi connectivity index (χ1) is 8.15. The summed E-state index contributed by atoms with van der Waals surface area (Å²) in [5.41, 5.74) is 0.624. The van der Waals surface area contributed by atoms with E-state index in [-0.39, 0.29) is 5.75 Å². The molecule has 0 aliphatic carbocycles. The molecule has 2 aromatic rings. The Bertz CT molecular complexity index is 587. The van der Waals surface area contributed by atoms with Crippen molar-refractivity contribution in [2.24, 2.45) is 0 Å². The van der Waals surface area contributed by atoms with Crippen LogP contribution in [0.5, 0.6) is 5.75 Å². The minimum Gasteiger partial charge on any atom is -0.508 e. The summed E-state index contributed by atoms with van der Waals surface area (Å²) in [4.78, 5) is 2.08. The van der Waals surface area contributed by atoms with Crippen LogP contribution in [0.25, 0.3) is 11.0 Å². The molecule has 1 heterocycles. The largest absolute Gasteiger partial charge is 0.508 e. The number of benzene rings is 1. The average molecular weight is 249 g/mol. The number of phenols is 1. The van der Waals surface area contributed by atoms with Gasteiger partial charge in [-0.25, -0.2) is 0 Å². The first kappa shape index (κ1) is 11.9. The van der Waals surface area contributed by atoms with Crippen LogP contribution in [-0.2, 0) is 0 Å². The highest BCUT2D eigenvalue weighted by atomic mass is 32.1. The monoisotopic (exact) mass is 249 g/mol. The minimum atomic E-state index is 0.187. The third-order valence-corrected chi connectivity index (χ3v) is 3.11. The molecule has 0 amide bonds. The topological polar surface area (TPSA) is 36.6 Å². The van der Waals surface area contributed by atoms with Crippen molar-refractivity contribution >= 4 is 29.1 Å². The summed E-state index contributed by atoms with van der Waals surface area (Å²) in [6, 6.07) is 6.85. The number of rotatable bonds is 3. The molecule has 1 aromatic heterocycles. The zero-order valence-corrected chi connectivity index (χ0v) is 10.8. The van der Waals surface area contributed by atoms with Gasteiger partial charge in [-0.05, 0) is 26.0 Å². The van der Waals surface area contributed by atoms with E-state index >= 15 is 0 Å². The van der Waals surface area contributed by atoms with Crippen LogP contribution in [0.3, 0.4) is 0 Å². The van der Waals surface area contributed by atoms with Crippen molar-refractivity contribution in [3.63, 3.8) is 0 Å². The summed E-state index contributed by atoms with van der Waals surface area (Å²) >= 11 is 5.33. The van der Waals surface area contributed by atoms with Gasteiger partial charge in [0, 0.05) is 30.6 Å². The predicted molar refractivity (Wildman–Crippen MR) is 72.3 cm³/mol. The van der Waals surface area contributed by atoms with Gasteiger partial charge in [0.05, 0.1) is 4.51 Å². The van der Waals surface area contributed by atoms with Crippen molar-refractivity contribution in [3.05, 3.63) is 28.8 Å². The molecular formula is C13H15NO2S. The van der Waals surface area contributed by atoms with Crippen LogP contribution < -0.4 is 4.90 Å². The lowest BCUT2D eigenvalue weighted by molar-refractivity contribution is 0.474. The Morgan fingerprint density at radius 2 is 1.94 bits per heavy atom. The molecule has 0 saturated heterocycles. The Morgan fingerprint density at radius 1 is 1.24 bits per heavy atom. The number of phenolic OH excluding ortho intramolecular Hbond substituents is 1. The van der Waals surface area contributed by atoms with Crippen molar-refractivity contribution in [1.29, 1.82) is 0 Å². The number of nitrogens with zero attached hydrogens (tertiary/aromatic N) is 1. The maximum Gasteiger partial charge on any atom is 0.197 e. The van der Waals surface area contributed by atoms with Gasteiger partial charge in [0.1, 0.15) is 11.3 Å². The van der Waals surface area contributed by atoms with Crippen LogP contribution in [0, 0.1) is 4.51 Å². The molecule has 3 nitrogen and oxygen atoms in total. The lowest BCUT2D eigenvalue weighted by atomic mass is 10.2. The maximum atomic E-state index is 9.46. The van der Waals surface area contributed by atoms with Gasteiger partial charge in [0.25, 0.3) is 0 Å². The lowest BCUT2D eigenvalue weighted by Crippen LogP contribution is -2.21. The van der Waals surface area contributed by atoms with Crippen LogP contribution in [0.1, 0.15) is 13.8 Å². The maximum absolute atomic E-state index is 9.46. The molecule has 1 N–H and O–H groups in total. The van der Waals surface area contributed by atoms with Gasteiger partial charge in [-0.2, -0.15) is 0 Å². The Balaban J connectivity index is 2.65. The zero-order valence-electron chi connectivity index (χ0n) is 9.93. The first-order valence-electron chi connectivity index (χ1n) is 5.67. The van der Waals surface area contributed by atoms with E-state index in [0.717, 1.165) is 28.9 Å². The fourth-order valence-electron chi connectivity index (χ4n) is 1.82. The van der Waals surface area contributed by atoms with Crippen molar-refractivity contribution in [2.75, 3.05) is 18.0 Å². The molecule has 0 saturated carbocycles. The summed E-state index contributed by atoms with van der Waals surface area (Å²) in [5.74, 6) is 0.936. The van der Waals surface area contributed by atoms with Gasteiger partial charge in [0.2, 0.25) is 0 Å². The fourth-order valence-corrected chi connectivity index (χ4v) is 2.09. The van der Waals surface area contributed by atoms with E-state index in [0.29, 0.717) is 5.58 Å². The van der Waals surface area contributed by atoms with E-state index < -0.39 is 0 Å². The number of aromatic hydroxyl groups is 1. The van der Waals surface area contributed by atoms with Gasteiger partial charge in [-0.1, -0.05) is 12.2 Å². The summed E-state index contributed by atoms with van der Waals surface area (Å²) in [5, 5.41) is 10.3. The summed E-state index contributed by atoms with van der Waals surface area (Å²) in [6.45, 7) is 5.85. The van der Waals surface area contributed by atoms with Crippen LogP contribution in [0.4, 0.5) is 5.88 Å². The zero-order chi connectivity index (χ0) is 12.4. The van der Waals surface area contributed by atoms with Crippen molar-refractivity contribution in [2.45, 2.75) is 13.8 Å². The molecule has 0 bridgehead atoms. The third-order valence-electron chi connectivity index (χ3n) is 2.77. The van der Waals surface area contributed by atoms with Gasteiger partial charge >= 0.3 is 0 Å². The molecule has 0 unspecified atom stereocenters. The molecule has 0 radical (unpaired) electrons. The second-order valence-electron chi connectivity index (χ2n) is 3.80. The van der Waals surface area contributed by atoms with E-state index in [2.05, 4.69) is 18.7 Å². The SMILES string of the molecule is CCN(CC)c1cc(=S)c2ccc(O)cc2o1. The smallest absolute Gasteiger partial charge is 0.197 e. The van der Waals surface area contributed by atoms with Gasteiger partial charge in [-0.15, -0.1) is 0 Å². The van der Waals surface area contributed by atoms with E-state index in [1.54, 1.807) is 18.2 Å². The quantitative estimate of drug-likeness (QED) is 0.841. The van der Waals surface area contributed by atoms with Crippen LogP contribution in [0.15, 0.2) is 28.7 Å². The Morgan fingerprint density at radius 3 is 2.59 bits per heavy atom. The Kier molecular flexibility index (Phi) is 3.33. The number of hydrogen-bond acceptors (Lipinski definition) is 4. The van der Waals surface area contributed by atoms with Crippen molar-refractivity contribution < 1.29 is 9.52 Å². The number of anilines is 1. The highest BCUT2D eigenvalue weighted by Gasteiger charge is 2.07. The Labute approximate surface area is 105 Å². The molecule has 2 rings (SSSR count). The Hall–Kier alpha value is -1.55. The van der Waals surface area contributed by atoms with E-state index in [4.69, 9.17) is 16.6 Å². The minimum absolute atomic E-state index is 0.187. The molecule has 4 heteroatoms. The molecule has 1 aromatic carbocycles. The van der Waals surface area contributed by atoms with E-state index in [1.165, 1.54) is 0 Å². The molecule has 0 aliphatic heterocycles. The third kappa shape index (κ3) is 2.26. The van der Waals surface area contributed by atoms with E-state index in [1.807, 2.05) is 6.07 Å². The average Bonchev–Trinajstić information content (AvgIpc) is 2.30. The summed E-state index contributed by atoms with van der Waals surface area (Å²) in [7, 11) is 0. The summed E-state index contributed by atoms with van der Waals surface area (Å²) in [6.07, 6.45) is 0. The molecule has 0 atom stereocenters. The fraction of sp³-hybridized carbons (Fsp3) is 0.308. The van der Waals surface area contributed by atoms with Crippen molar-refractivity contribution in [3.8, 4) is 5.75 Å². The molecule has 90 valence electrons. The van der Waals surface area contributed by atoms with Crippen LogP contribution in [-0.4, -0.2) is 18.2 Å². The second kappa shape index (κ2) is 4.75. The van der Waals surface area contributed by atoms with Crippen LogP contribution in [0.2, 0.25) is 0 Å². The molecular weight excluding hydrogens is 234 g/mol. The van der Waals surface area contributed by atoms with Crippen molar-refractivity contribution in [1.82, 2.24) is 0 Å². The van der Waals surface area contributed by atoms with Gasteiger partial charge in [-0.3, -0.25) is 0 Å². The molecule has 17 heavy (non-hydrogen) atoms. The van der Waals surface area contributed by atoms with Crippen LogP contribution >= 0.6 is 12.2 Å². The van der Waals surface area contributed by atoms with Gasteiger partial charge in [0.15, 0.2) is 5.88 Å². The molecule has 0 spiro atoms. The standard InChI is InChI=1S/C13H15NO2S/c1-3-14(4-2)13-8-12(17)10-6-5-9(15)7-11(10)16-13/h5-8,15H,3-4H2,1-2H3. The predicted octanol–water partition coefficient (Wildman–Crippen LogP) is 3.71. The molecule has 0 aliphatic rings. The van der Waals surface area contributed by atoms with Gasteiger partial charge < -0.3 is 14.4 Å².